The van der Waals surface area contributed by atoms with Crippen molar-refractivity contribution in [1.82, 2.24) is 15.6 Å². The van der Waals surface area contributed by atoms with Gasteiger partial charge in [-0.1, -0.05) is 0 Å². The van der Waals surface area contributed by atoms with Gasteiger partial charge in [0.15, 0.2) is 0 Å². The number of hydrogen-bond acceptors (Lipinski definition) is 4. The maximum absolute atomic E-state index is 11.9. The summed E-state index contributed by atoms with van der Waals surface area (Å²) < 4.78 is 5.28. The summed E-state index contributed by atoms with van der Waals surface area (Å²) in [6, 6.07) is 5.28. The fourth-order valence-corrected chi connectivity index (χ4v) is 1.88. The van der Waals surface area contributed by atoms with E-state index in [4.69, 9.17) is 4.42 Å². The largest absolute Gasteiger partial charge is 0.466 e. The van der Waals surface area contributed by atoms with Crippen molar-refractivity contribution in [1.29, 1.82) is 0 Å². The van der Waals surface area contributed by atoms with Crippen molar-refractivity contribution in [2.24, 2.45) is 0 Å². The second-order valence-electron chi connectivity index (χ2n) is 4.64. The van der Waals surface area contributed by atoms with Crippen LogP contribution in [-0.2, 0) is 11.3 Å². The monoisotopic (exact) mass is 287 g/mol. The summed E-state index contributed by atoms with van der Waals surface area (Å²) in [5.41, 5.74) is 1.40. The summed E-state index contributed by atoms with van der Waals surface area (Å²) in [6.07, 6.45) is 3.32. The fourth-order valence-electron chi connectivity index (χ4n) is 1.88. The number of pyridine rings is 1. The van der Waals surface area contributed by atoms with Gasteiger partial charge in [0.1, 0.15) is 11.5 Å². The van der Waals surface area contributed by atoms with E-state index in [1.807, 2.05) is 12.1 Å². The second-order valence-corrected chi connectivity index (χ2v) is 4.64. The molecule has 0 radical (unpaired) electrons. The molecule has 0 saturated heterocycles. The minimum Gasteiger partial charge on any atom is -0.466 e. The molecule has 0 atom stereocenters. The van der Waals surface area contributed by atoms with Crippen LogP contribution >= 0.6 is 0 Å². The molecule has 2 N–H and O–H groups in total. The Balaban J connectivity index is 1.79. The highest BCUT2D eigenvalue weighted by molar-refractivity contribution is 5.97. The van der Waals surface area contributed by atoms with Crippen LogP contribution in [0.2, 0.25) is 0 Å². The summed E-state index contributed by atoms with van der Waals surface area (Å²) in [5.74, 6) is 0.642. The zero-order valence-corrected chi connectivity index (χ0v) is 12.0. The predicted molar refractivity (Wildman–Crippen MR) is 76.6 cm³/mol. The van der Waals surface area contributed by atoms with E-state index >= 15 is 0 Å². The highest BCUT2D eigenvalue weighted by atomic mass is 16.3. The molecule has 2 aromatic rings. The highest BCUT2D eigenvalue weighted by Crippen LogP contribution is 2.12. The van der Waals surface area contributed by atoms with Crippen LogP contribution in [0.1, 0.15) is 27.4 Å². The third-order valence-electron chi connectivity index (χ3n) is 2.93. The summed E-state index contributed by atoms with van der Waals surface area (Å²) in [7, 11) is 0. The van der Waals surface area contributed by atoms with Crippen molar-refractivity contribution in [3.63, 3.8) is 0 Å². The first-order valence-electron chi connectivity index (χ1n) is 6.57. The van der Waals surface area contributed by atoms with Gasteiger partial charge in [-0.3, -0.25) is 14.6 Å². The molecular formula is C15H17N3O3. The van der Waals surface area contributed by atoms with E-state index < -0.39 is 0 Å². The van der Waals surface area contributed by atoms with E-state index in [9.17, 15) is 9.59 Å². The van der Waals surface area contributed by atoms with E-state index in [-0.39, 0.29) is 18.4 Å². The lowest BCUT2D eigenvalue weighted by Crippen LogP contribution is -2.36. The van der Waals surface area contributed by atoms with Gasteiger partial charge in [0.2, 0.25) is 5.91 Å². The minimum atomic E-state index is -0.316. The van der Waals surface area contributed by atoms with Gasteiger partial charge < -0.3 is 15.1 Å². The Hall–Kier alpha value is -2.63. The molecule has 21 heavy (non-hydrogen) atoms. The Morgan fingerprint density at radius 1 is 1.19 bits per heavy atom. The van der Waals surface area contributed by atoms with Gasteiger partial charge in [0.25, 0.3) is 5.91 Å². The Labute approximate surface area is 122 Å². The third-order valence-corrected chi connectivity index (χ3v) is 2.93. The molecule has 0 aromatic carbocycles. The normalized spacial score (nSPS) is 10.2. The van der Waals surface area contributed by atoms with Crippen LogP contribution in [0.5, 0.6) is 0 Å². The molecular weight excluding hydrogens is 270 g/mol. The van der Waals surface area contributed by atoms with Crippen molar-refractivity contribution < 1.29 is 14.0 Å². The first-order chi connectivity index (χ1) is 10.1. The molecule has 2 amide bonds. The summed E-state index contributed by atoms with van der Waals surface area (Å²) in [5, 5.41) is 5.29. The van der Waals surface area contributed by atoms with Crippen molar-refractivity contribution >= 4 is 11.8 Å². The van der Waals surface area contributed by atoms with Crippen LogP contribution < -0.4 is 10.6 Å². The quantitative estimate of drug-likeness (QED) is 0.869. The van der Waals surface area contributed by atoms with Crippen molar-refractivity contribution in [3.8, 4) is 0 Å². The topological polar surface area (TPSA) is 84.2 Å². The zero-order valence-electron chi connectivity index (χ0n) is 12.0. The molecule has 2 rings (SSSR count). The SMILES string of the molecule is Cc1cc(C(=O)NCC(=O)NCc2ccncc2)c(C)o1. The first-order valence-corrected chi connectivity index (χ1v) is 6.57. The van der Waals surface area contributed by atoms with Crippen LogP contribution in [0.25, 0.3) is 0 Å². The van der Waals surface area contributed by atoms with Gasteiger partial charge in [0, 0.05) is 18.9 Å². The van der Waals surface area contributed by atoms with E-state index in [1.54, 1.807) is 32.3 Å². The van der Waals surface area contributed by atoms with Gasteiger partial charge >= 0.3 is 0 Å². The molecule has 0 saturated carbocycles. The minimum absolute atomic E-state index is 0.0758. The van der Waals surface area contributed by atoms with Crippen LogP contribution in [0.4, 0.5) is 0 Å². The number of aryl methyl sites for hydroxylation is 2. The van der Waals surface area contributed by atoms with Crippen LogP contribution in [-0.4, -0.2) is 23.3 Å². The number of amides is 2. The van der Waals surface area contributed by atoms with Crippen molar-refractivity contribution in [2.45, 2.75) is 20.4 Å². The molecule has 0 unspecified atom stereocenters. The van der Waals surface area contributed by atoms with E-state index in [0.29, 0.717) is 23.6 Å². The molecule has 0 aliphatic heterocycles. The number of hydrogen-bond donors (Lipinski definition) is 2. The molecule has 0 fully saturated rings. The Bertz CT molecular complexity index is 635. The average molecular weight is 287 g/mol. The molecule has 2 aromatic heterocycles. The number of furan rings is 1. The molecule has 0 bridgehead atoms. The summed E-state index contributed by atoms with van der Waals surface area (Å²) >= 11 is 0. The molecule has 2 heterocycles. The lowest BCUT2D eigenvalue weighted by molar-refractivity contribution is -0.120. The van der Waals surface area contributed by atoms with Gasteiger partial charge in [-0.25, -0.2) is 0 Å². The van der Waals surface area contributed by atoms with Gasteiger partial charge in [-0.05, 0) is 37.6 Å². The van der Waals surface area contributed by atoms with Crippen molar-refractivity contribution in [3.05, 3.63) is 53.2 Å². The number of rotatable bonds is 5. The standard InChI is InChI=1S/C15H17N3O3/c1-10-7-13(11(2)21-10)15(20)18-9-14(19)17-8-12-3-5-16-6-4-12/h3-7H,8-9H2,1-2H3,(H,17,19)(H,18,20). The predicted octanol–water partition coefficient (Wildman–Crippen LogP) is 1.34. The first kappa shape index (κ1) is 14.8. The summed E-state index contributed by atoms with van der Waals surface area (Å²) in [6.45, 7) is 3.81. The number of nitrogens with zero attached hydrogens (tertiary/aromatic N) is 1. The van der Waals surface area contributed by atoms with E-state index in [2.05, 4.69) is 15.6 Å². The Kier molecular flexibility index (Phi) is 4.71. The highest BCUT2D eigenvalue weighted by Gasteiger charge is 2.14. The average Bonchev–Trinajstić information content (AvgIpc) is 2.82. The molecule has 110 valence electrons. The Morgan fingerprint density at radius 2 is 1.90 bits per heavy atom. The molecule has 0 spiro atoms. The van der Waals surface area contributed by atoms with Crippen LogP contribution in [0.15, 0.2) is 35.0 Å². The Morgan fingerprint density at radius 3 is 2.52 bits per heavy atom. The van der Waals surface area contributed by atoms with Gasteiger partial charge in [-0.2, -0.15) is 0 Å². The molecule has 0 aliphatic carbocycles. The van der Waals surface area contributed by atoms with Crippen LogP contribution in [0.3, 0.4) is 0 Å². The number of nitrogens with one attached hydrogen (secondary N) is 2. The smallest absolute Gasteiger partial charge is 0.255 e. The second kappa shape index (κ2) is 6.69. The molecule has 0 aliphatic rings. The van der Waals surface area contributed by atoms with Crippen molar-refractivity contribution in [2.75, 3.05) is 6.54 Å². The maximum atomic E-state index is 11.9. The lowest BCUT2D eigenvalue weighted by atomic mass is 10.2. The number of aromatic nitrogens is 1. The zero-order chi connectivity index (χ0) is 15.2. The van der Waals surface area contributed by atoms with Crippen LogP contribution in [0, 0.1) is 13.8 Å². The number of carbonyl (C=O) groups excluding carboxylic acids is 2. The lowest BCUT2D eigenvalue weighted by Gasteiger charge is -2.06. The maximum Gasteiger partial charge on any atom is 0.255 e. The van der Waals surface area contributed by atoms with E-state index in [0.717, 1.165) is 5.56 Å². The number of carbonyl (C=O) groups is 2. The summed E-state index contributed by atoms with van der Waals surface area (Å²) in [4.78, 5) is 27.5. The fraction of sp³-hybridized carbons (Fsp3) is 0.267. The van der Waals surface area contributed by atoms with Gasteiger partial charge in [-0.15, -0.1) is 0 Å². The van der Waals surface area contributed by atoms with Gasteiger partial charge in [0.05, 0.1) is 12.1 Å². The molecule has 6 heteroatoms. The third kappa shape index (κ3) is 4.17. The molecule has 6 nitrogen and oxygen atoms in total. The van der Waals surface area contributed by atoms with E-state index in [1.165, 1.54) is 0 Å².